The van der Waals surface area contributed by atoms with Gasteiger partial charge in [-0.25, -0.2) is 0 Å². The van der Waals surface area contributed by atoms with Crippen molar-refractivity contribution in [2.45, 2.75) is 24.1 Å². The Bertz CT molecular complexity index is 895. The average molecular weight is 370 g/mol. The lowest BCUT2D eigenvalue weighted by Gasteiger charge is -2.10. The molecule has 1 aliphatic heterocycles. The Hall–Kier alpha value is -2.52. The number of carbonyl (C=O) groups is 1. The molecule has 0 spiro atoms. The molecular weight excluding hydrogens is 352 g/mol. The van der Waals surface area contributed by atoms with Crippen LogP contribution >= 0.6 is 11.8 Å². The van der Waals surface area contributed by atoms with E-state index in [1.54, 1.807) is 10.7 Å². The van der Waals surface area contributed by atoms with Crippen LogP contribution in [0.1, 0.15) is 12.8 Å². The van der Waals surface area contributed by atoms with E-state index in [0.29, 0.717) is 17.3 Å². The number of hydrogen-bond donors (Lipinski definition) is 1. The lowest BCUT2D eigenvalue weighted by molar-refractivity contribution is -0.119. The molecule has 0 bridgehead atoms. The Kier molecular flexibility index (Phi) is 5.07. The van der Waals surface area contributed by atoms with Crippen molar-refractivity contribution in [1.29, 1.82) is 0 Å². The van der Waals surface area contributed by atoms with E-state index in [-0.39, 0.29) is 17.8 Å². The predicted molar refractivity (Wildman–Crippen MR) is 96.7 cm³/mol. The number of fused-ring (bicyclic) bond motifs is 1. The van der Waals surface area contributed by atoms with E-state index in [4.69, 9.17) is 4.74 Å². The number of nitrogens with one attached hydrogen (secondary N) is 1. The number of rotatable bonds is 6. The summed E-state index contributed by atoms with van der Waals surface area (Å²) in [4.78, 5) is 16.4. The summed E-state index contributed by atoms with van der Waals surface area (Å²) in [5.41, 5.74) is 2.13. The second-order valence-electron chi connectivity index (χ2n) is 5.91. The largest absolute Gasteiger partial charge is 0.376 e. The molecule has 134 valence electrons. The van der Waals surface area contributed by atoms with Gasteiger partial charge in [-0.2, -0.15) is 9.61 Å². The maximum atomic E-state index is 12.0. The van der Waals surface area contributed by atoms with Gasteiger partial charge in [0.25, 0.3) is 0 Å². The SMILES string of the molecule is O=C(CSc1nnc2ccc(-c3ccccn3)nn12)NC[C@@H]1CCCO1. The fourth-order valence-corrected chi connectivity index (χ4v) is 3.44. The average Bonchev–Trinajstić information content (AvgIpc) is 3.35. The number of nitrogens with zero attached hydrogens (tertiary/aromatic N) is 5. The van der Waals surface area contributed by atoms with Crippen molar-refractivity contribution < 1.29 is 9.53 Å². The third-order valence-electron chi connectivity index (χ3n) is 4.04. The Morgan fingerprint density at radius 1 is 1.27 bits per heavy atom. The van der Waals surface area contributed by atoms with Crippen LogP contribution in [0.5, 0.6) is 0 Å². The van der Waals surface area contributed by atoms with Crippen molar-refractivity contribution in [2.24, 2.45) is 0 Å². The van der Waals surface area contributed by atoms with Gasteiger partial charge in [-0.05, 0) is 37.1 Å². The fraction of sp³-hybridized carbons (Fsp3) is 0.353. The lowest BCUT2D eigenvalue weighted by Crippen LogP contribution is -2.32. The Morgan fingerprint density at radius 3 is 3.04 bits per heavy atom. The summed E-state index contributed by atoms with van der Waals surface area (Å²) in [6.45, 7) is 1.34. The quantitative estimate of drug-likeness (QED) is 0.658. The molecule has 1 saturated heterocycles. The van der Waals surface area contributed by atoms with Crippen LogP contribution in [-0.2, 0) is 9.53 Å². The van der Waals surface area contributed by atoms with Crippen molar-refractivity contribution in [2.75, 3.05) is 18.9 Å². The molecule has 4 heterocycles. The molecule has 8 nitrogen and oxygen atoms in total. The molecule has 0 radical (unpaired) electrons. The van der Waals surface area contributed by atoms with Crippen LogP contribution < -0.4 is 5.32 Å². The minimum atomic E-state index is -0.0527. The van der Waals surface area contributed by atoms with Crippen molar-refractivity contribution in [1.82, 2.24) is 30.1 Å². The number of hydrogen-bond acceptors (Lipinski definition) is 7. The summed E-state index contributed by atoms with van der Waals surface area (Å²) >= 11 is 1.30. The van der Waals surface area contributed by atoms with Gasteiger partial charge in [0.05, 0.1) is 17.6 Å². The van der Waals surface area contributed by atoms with Gasteiger partial charge in [0.2, 0.25) is 11.1 Å². The van der Waals surface area contributed by atoms with Crippen LogP contribution in [0, 0.1) is 0 Å². The molecule has 3 aromatic rings. The molecule has 1 amide bonds. The van der Waals surface area contributed by atoms with Crippen molar-refractivity contribution in [3.63, 3.8) is 0 Å². The standard InChI is InChI=1S/C17H18N6O2S/c24-16(19-10-12-4-3-9-25-12)11-26-17-21-20-15-7-6-14(22-23(15)17)13-5-1-2-8-18-13/h1-2,5-8,12H,3-4,9-11H2,(H,19,24)/t12-/m0/s1. The molecule has 1 fully saturated rings. The smallest absolute Gasteiger partial charge is 0.230 e. The molecule has 0 unspecified atom stereocenters. The molecule has 9 heteroatoms. The predicted octanol–water partition coefficient (Wildman–Crippen LogP) is 1.57. The van der Waals surface area contributed by atoms with Crippen LogP contribution in [-0.4, -0.2) is 55.7 Å². The van der Waals surface area contributed by atoms with Gasteiger partial charge in [-0.1, -0.05) is 17.8 Å². The number of thioether (sulfide) groups is 1. The first-order chi connectivity index (χ1) is 12.8. The summed E-state index contributed by atoms with van der Waals surface area (Å²) in [5, 5.41) is 16.2. The third kappa shape index (κ3) is 3.83. The lowest BCUT2D eigenvalue weighted by atomic mass is 10.2. The zero-order chi connectivity index (χ0) is 17.8. The molecule has 1 aliphatic rings. The van der Waals surface area contributed by atoms with Crippen LogP contribution in [0.3, 0.4) is 0 Å². The minimum absolute atomic E-state index is 0.0527. The summed E-state index contributed by atoms with van der Waals surface area (Å²) in [6.07, 6.45) is 3.93. The molecule has 0 saturated carbocycles. The highest BCUT2D eigenvalue weighted by atomic mass is 32.2. The van der Waals surface area contributed by atoms with E-state index in [2.05, 4.69) is 25.6 Å². The zero-order valence-electron chi connectivity index (χ0n) is 14.0. The van der Waals surface area contributed by atoms with Gasteiger partial charge in [-0.3, -0.25) is 9.78 Å². The maximum absolute atomic E-state index is 12.0. The molecule has 1 atom stereocenters. The monoisotopic (exact) mass is 370 g/mol. The van der Waals surface area contributed by atoms with Gasteiger partial charge in [0.15, 0.2) is 5.65 Å². The molecule has 26 heavy (non-hydrogen) atoms. The first-order valence-corrected chi connectivity index (χ1v) is 9.43. The summed E-state index contributed by atoms with van der Waals surface area (Å²) in [6, 6.07) is 9.36. The number of aromatic nitrogens is 5. The van der Waals surface area contributed by atoms with Gasteiger partial charge < -0.3 is 10.1 Å². The minimum Gasteiger partial charge on any atom is -0.376 e. The second-order valence-corrected chi connectivity index (χ2v) is 6.86. The molecule has 0 aromatic carbocycles. The van der Waals surface area contributed by atoms with Gasteiger partial charge in [-0.15, -0.1) is 10.2 Å². The van der Waals surface area contributed by atoms with Gasteiger partial charge in [0, 0.05) is 19.3 Å². The van der Waals surface area contributed by atoms with E-state index in [9.17, 15) is 4.79 Å². The van der Waals surface area contributed by atoms with E-state index >= 15 is 0 Å². The molecular formula is C17H18N6O2S. The normalized spacial score (nSPS) is 16.8. The number of pyridine rings is 1. The van der Waals surface area contributed by atoms with Crippen molar-refractivity contribution in [3.05, 3.63) is 36.5 Å². The van der Waals surface area contributed by atoms with Crippen LogP contribution in [0.2, 0.25) is 0 Å². The highest BCUT2D eigenvalue weighted by Gasteiger charge is 2.17. The first-order valence-electron chi connectivity index (χ1n) is 8.44. The number of amides is 1. The van der Waals surface area contributed by atoms with Crippen LogP contribution in [0.25, 0.3) is 17.0 Å². The van der Waals surface area contributed by atoms with Gasteiger partial charge >= 0.3 is 0 Å². The van der Waals surface area contributed by atoms with E-state index in [1.165, 1.54) is 11.8 Å². The molecule has 0 aliphatic carbocycles. The maximum Gasteiger partial charge on any atom is 0.230 e. The Morgan fingerprint density at radius 2 is 2.23 bits per heavy atom. The highest BCUT2D eigenvalue weighted by Crippen LogP contribution is 2.19. The van der Waals surface area contributed by atoms with Crippen molar-refractivity contribution in [3.8, 4) is 11.4 Å². The molecule has 3 aromatic heterocycles. The number of carbonyl (C=O) groups excluding carboxylic acids is 1. The van der Waals surface area contributed by atoms with Crippen LogP contribution in [0.4, 0.5) is 0 Å². The highest BCUT2D eigenvalue weighted by molar-refractivity contribution is 7.99. The first kappa shape index (κ1) is 16.9. The van der Waals surface area contributed by atoms with Crippen molar-refractivity contribution >= 4 is 23.3 Å². The van der Waals surface area contributed by atoms with E-state index < -0.39 is 0 Å². The third-order valence-corrected chi connectivity index (χ3v) is 4.96. The second kappa shape index (κ2) is 7.79. The van der Waals surface area contributed by atoms with E-state index in [1.807, 2.05) is 30.3 Å². The molecule has 4 rings (SSSR count). The summed E-state index contributed by atoms with van der Waals surface area (Å²) < 4.78 is 7.14. The fourth-order valence-electron chi connectivity index (χ4n) is 2.72. The summed E-state index contributed by atoms with van der Waals surface area (Å²) in [7, 11) is 0. The molecule has 1 N–H and O–H groups in total. The van der Waals surface area contributed by atoms with Gasteiger partial charge in [0.1, 0.15) is 5.69 Å². The number of ether oxygens (including phenoxy) is 1. The topological polar surface area (TPSA) is 94.3 Å². The Balaban J connectivity index is 1.42. The van der Waals surface area contributed by atoms with E-state index in [0.717, 1.165) is 30.8 Å². The Labute approximate surface area is 154 Å². The zero-order valence-corrected chi connectivity index (χ0v) is 14.9. The van der Waals surface area contributed by atoms with Crippen LogP contribution in [0.15, 0.2) is 41.7 Å². The summed E-state index contributed by atoms with van der Waals surface area (Å²) in [5.74, 6) is 0.200.